The van der Waals surface area contributed by atoms with E-state index in [1.807, 2.05) is 6.92 Å². The van der Waals surface area contributed by atoms with Crippen molar-refractivity contribution in [2.24, 2.45) is 5.10 Å². The van der Waals surface area contributed by atoms with Crippen molar-refractivity contribution in [3.8, 4) is 11.8 Å². The third-order valence-electron chi connectivity index (χ3n) is 1.63. The summed E-state index contributed by atoms with van der Waals surface area (Å²) < 4.78 is 0. The fraction of sp³-hybridized carbons (Fsp3) is 0.500. The van der Waals surface area contributed by atoms with Gasteiger partial charge in [-0.25, -0.2) is 0 Å². The van der Waals surface area contributed by atoms with Crippen LogP contribution in [0, 0.1) is 11.8 Å². The van der Waals surface area contributed by atoms with Crippen molar-refractivity contribution < 1.29 is 4.79 Å². The van der Waals surface area contributed by atoms with E-state index >= 15 is 0 Å². The molecule has 0 amide bonds. The molecule has 0 saturated heterocycles. The molecular weight excluding hydrogens is 188 g/mol. The lowest BCUT2D eigenvalue weighted by Gasteiger charge is -2.01. The van der Waals surface area contributed by atoms with E-state index in [1.54, 1.807) is 13.8 Å². The number of allylic oxidation sites excluding steroid dienone is 2. The Bertz CT molecular complexity index is 329. The van der Waals surface area contributed by atoms with Gasteiger partial charge >= 0.3 is 0 Å². The first kappa shape index (κ1) is 13.4. The number of hydrogen-bond donors (Lipinski definition) is 1. The number of hydrogen-bond acceptors (Lipinski definition) is 3. The second-order valence-electron chi connectivity index (χ2n) is 3.28. The quantitative estimate of drug-likeness (QED) is 0.246. The number of carbonyl (C=O) groups is 1. The summed E-state index contributed by atoms with van der Waals surface area (Å²) in [6.45, 7) is 7.48. The molecule has 0 radical (unpaired) electrons. The van der Waals surface area contributed by atoms with Crippen LogP contribution in [0.1, 0.15) is 40.5 Å². The second-order valence-corrected chi connectivity index (χ2v) is 3.28. The molecule has 0 heterocycles. The smallest absolute Gasteiger partial charge is 0.230 e. The Balaban J connectivity index is 4.22. The van der Waals surface area contributed by atoms with Crippen molar-refractivity contribution in [1.82, 2.24) is 5.43 Å². The maximum absolute atomic E-state index is 11.1. The first-order chi connectivity index (χ1) is 7.10. The second kappa shape index (κ2) is 7.81. The molecule has 0 saturated carbocycles. The summed E-state index contributed by atoms with van der Waals surface area (Å²) in [4.78, 5) is 11.1. The highest BCUT2D eigenvalue weighted by Crippen LogP contribution is 1.92. The average Bonchev–Trinajstić information content (AvgIpc) is 2.15. The molecule has 3 heteroatoms. The van der Waals surface area contributed by atoms with Crippen LogP contribution in [0.2, 0.25) is 0 Å². The summed E-state index contributed by atoms with van der Waals surface area (Å²) in [5.74, 6) is 4.78. The Labute approximate surface area is 91.6 Å². The van der Waals surface area contributed by atoms with Crippen molar-refractivity contribution in [1.29, 1.82) is 0 Å². The van der Waals surface area contributed by atoms with E-state index in [2.05, 4.69) is 29.3 Å². The summed E-state index contributed by atoms with van der Waals surface area (Å²) in [5.41, 5.74) is 4.55. The van der Waals surface area contributed by atoms with Crippen LogP contribution >= 0.6 is 0 Å². The molecule has 15 heavy (non-hydrogen) atoms. The minimum absolute atomic E-state index is 0.203. The zero-order valence-corrected chi connectivity index (χ0v) is 9.85. The number of rotatable bonds is 5. The Morgan fingerprint density at radius 3 is 2.67 bits per heavy atom. The van der Waals surface area contributed by atoms with Gasteiger partial charge in [0.05, 0.1) is 0 Å². The number of nitrogens with one attached hydrogen (secondary N) is 1. The van der Waals surface area contributed by atoms with E-state index in [-0.39, 0.29) is 5.78 Å². The van der Waals surface area contributed by atoms with Gasteiger partial charge in [-0.3, -0.25) is 10.2 Å². The van der Waals surface area contributed by atoms with Crippen LogP contribution in [0.25, 0.3) is 0 Å². The van der Waals surface area contributed by atoms with Crippen molar-refractivity contribution in [3.63, 3.8) is 0 Å². The normalized spacial score (nSPS) is 11.7. The summed E-state index contributed by atoms with van der Waals surface area (Å²) in [6.07, 6.45) is 3.47. The van der Waals surface area contributed by atoms with E-state index < -0.39 is 0 Å². The maximum Gasteiger partial charge on any atom is 0.230 e. The molecule has 3 nitrogen and oxygen atoms in total. The minimum atomic E-state index is -0.203. The third-order valence-corrected chi connectivity index (χ3v) is 1.63. The number of hydrazone groups is 1. The fourth-order valence-electron chi connectivity index (χ4n) is 0.990. The molecule has 0 spiro atoms. The lowest BCUT2D eigenvalue weighted by Crippen LogP contribution is -2.07. The Morgan fingerprint density at radius 1 is 1.47 bits per heavy atom. The molecule has 0 fully saturated rings. The zero-order valence-electron chi connectivity index (χ0n) is 9.85. The van der Waals surface area contributed by atoms with Crippen molar-refractivity contribution in [2.75, 3.05) is 0 Å². The highest BCUT2D eigenvalue weighted by Gasteiger charge is 1.93. The van der Waals surface area contributed by atoms with Crippen LogP contribution in [0.5, 0.6) is 0 Å². The van der Waals surface area contributed by atoms with Crippen LogP contribution in [0.15, 0.2) is 16.9 Å². The monoisotopic (exact) mass is 206 g/mol. The van der Waals surface area contributed by atoms with E-state index in [0.29, 0.717) is 5.70 Å². The Kier molecular flexibility index (Phi) is 7.00. The van der Waals surface area contributed by atoms with Gasteiger partial charge in [-0.05, 0) is 33.1 Å². The molecule has 0 aliphatic carbocycles. The SMILES string of the molecule is CC#CC(=O)/C=C(\C)N/N=C(\C)CCC. The summed E-state index contributed by atoms with van der Waals surface area (Å²) >= 11 is 0. The first-order valence-corrected chi connectivity index (χ1v) is 5.04. The van der Waals surface area contributed by atoms with E-state index in [1.165, 1.54) is 6.08 Å². The molecule has 0 aromatic carbocycles. The van der Waals surface area contributed by atoms with Gasteiger partial charge in [0.2, 0.25) is 5.78 Å². The van der Waals surface area contributed by atoms with Crippen LogP contribution in [-0.4, -0.2) is 11.5 Å². The van der Waals surface area contributed by atoms with Gasteiger partial charge in [0, 0.05) is 17.5 Å². The number of nitrogens with zero attached hydrogens (tertiary/aromatic N) is 1. The van der Waals surface area contributed by atoms with Gasteiger partial charge in [-0.2, -0.15) is 5.10 Å². The number of ketones is 1. The highest BCUT2D eigenvalue weighted by atomic mass is 16.1. The van der Waals surface area contributed by atoms with Gasteiger partial charge < -0.3 is 0 Å². The maximum atomic E-state index is 11.1. The third kappa shape index (κ3) is 7.51. The largest absolute Gasteiger partial charge is 0.283 e. The molecule has 0 unspecified atom stereocenters. The molecule has 82 valence electrons. The van der Waals surface area contributed by atoms with Gasteiger partial charge in [0.1, 0.15) is 0 Å². The molecule has 0 rings (SSSR count). The predicted octanol–water partition coefficient (Wildman–Crippen LogP) is 2.25. The van der Waals surface area contributed by atoms with Gasteiger partial charge in [0.15, 0.2) is 0 Å². The van der Waals surface area contributed by atoms with Crippen LogP contribution in [0.3, 0.4) is 0 Å². The molecule has 0 aliphatic heterocycles. The molecular formula is C12H18N2O. The van der Waals surface area contributed by atoms with Crippen molar-refractivity contribution in [2.45, 2.75) is 40.5 Å². The standard InChI is InChI=1S/C12H18N2O/c1-5-7-10(3)13-14-11(4)9-12(15)8-6-2/h9,14H,5,7H2,1-4H3/b11-9+,13-10+. The molecule has 0 bridgehead atoms. The molecule has 0 atom stereocenters. The lowest BCUT2D eigenvalue weighted by atomic mass is 10.2. The highest BCUT2D eigenvalue weighted by molar-refractivity contribution is 6.04. The summed E-state index contributed by atoms with van der Waals surface area (Å²) in [6, 6.07) is 0. The molecule has 0 aromatic rings. The van der Waals surface area contributed by atoms with Crippen molar-refractivity contribution >= 4 is 11.5 Å². The summed E-state index contributed by atoms with van der Waals surface area (Å²) in [7, 11) is 0. The molecule has 0 aromatic heterocycles. The first-order valence-electron chi connectivity index (χ1n) is 5.04. The van der Waals surface area contributed by atoms with E-state index in [0.717, 1.165) is 18.6 Å². The predicted molar refractivity (Wildman–Crippen MR) is 63.4 cm³/mol. The van der Waals surface area contributed by atoms with Crippen LogP contribution in [-0.2, 0) is 4.79 Å². The van der Waals surface area contributed by atoms with Crippen molar-refractivity contribution in [3.05, 3.63) is 11.8 Å². The Hall–Kier alpha value is -1.56. The zero-order chi connectivity index (χ0) is 11.7. The molecule has 0 aliphatic rings. The van der Waals surface area contributed by atoms with E-state index in [4.69, 9.17) is 0 Å². The van der Waals surface area contributed by atoms with Crippen LogP contribution in [0.4, 0.5) is 0 Å². The fourth-order valence-corrected chi connectivity index (χ4v) is 0.990. The lowest BCUT2D eigenvalue weighted by molar-refractivity contribution is -0.109. The van der Waals surface area contributed by atoms with Gasteiger partial charge in [-0.1, -0.05) is 19.3 Å². The molecule has 1 N–H and O–H groups in total. The summed E-state index contributed by atoms with van der Waals surface area (Å²) in [5, 5.41) is 4.12. The van der Waals surface area contributed by atoms with Crippen LogP contribution < -0.4 is 5.43 Å². The topological polar surface area (TPSA) is 41.5 Å². The Morgan fingerprint density at radius 2 is 2.13 bits per heavy atom. The van der Waals surface area contributed by atoms with Gasteiger partial charge in [0.25, 0.3) is 0 Å². The van der Waals surface area contributed by atoms with E-state index in [9.17, 15) is 4.79 Å². The average molecular weight is 206 g/mol. The minimum Gasteiger partial charge on any atom is -0.283 e. The van der Waals surface area contributed by atoms with Gasteiger partial charge in [-0.15, -0.1) is 0 Å². The number of carbonyl (C=O) groups excluding carboxylic acids is 1.